The van der Waals surface area contributed by atoms with Gasteiger partial charge in [0.1, 0.15) is 17.5 Å². The van der Waals surface area contributed by atoms with Gasteiger partial charge in [0.15, 0.2) is 5.82 Å². The van der Waals surface area contributed by atoms with Gasteiger partial charge in [-0.3, -0.25) is 4.98 Å². The van der Waals surface area contributed by atoms with Crippen LogP contribution in [0, 0.1) is 6.92 Å². The van der Waals surface area contributed by atoms with Crippen LogP contribution in [0.15, 0.2) is 31.0 Å². The summed E-state index contributed by atoms with van der Waals surface area (Å²) in [7, 11) is 2.05. The highest BCUT2D eigenvalue weighted by Gasteiger charge is 2.26. The Morgan fingerprint density at radius 1 is 1.16 bits per heavy atom. The first-order valence-electron chi connectivity index (χ1n) is 8.59. The van der Waals surface area contributed by atoms with E-state index < -0.39 is 0 Å². The van der Waals surface area contributed by atoms with Crippen LogP contribution in [0.25, 0.3) is 0 Å². The maximum Gasteiger partial charge on any atom is 0.152 e. The third kappa shape index (κ3) is 3.11. The minimum Gasteiger partial charge on any atom is -0.355 e. The molecule has 0 bridgehead atoms. The molecule has 0 aromatic carbocycles. The fourth-order valence-corrected chi connectivity index (χ4v) is 3.44. The smallest absolute Gasteiger partial charge is 0.152 e. The Bertz CT molecular complexity index is 837. The SMILES string of the molecule is Cc1nccn1Cc1nnc([C@@H]2CCCN(c3cnccn3)C2)n1C. The number of hydrogen-bond acceptors (Lipinski definition) is 6. The van der Waals surface area contributed by atoms with Crippen LogP contribution in [0.1, 0.15) is 36.2 Å². The van der Waals surface area contributed by atoms with E-state index in [1.54, 1.807) is 12.4 Å². The molecular weight excluding hydrogens is 316 g/mol. The van der Waals surface area contributed by atoms with E-state index in [2.05, 4.69) is 46.2 Å². The van der Waals surface area contributed by atoms with Crippen molar-refractivity contribution in [2.75, 3.05) is 18.0 Å². The lowest BCUT2D eigenvalue weighted by atomic mass is 9.97. The van der Waals surface area contributed by atoms with Gasteiger partial charge in [0.25, 0.3) is 0 Å². The van der Waals surface area contributed by atoms with Gasteiger partial charge in [-0.1, -0.05) is 0 Å². The van der Waals surface area contributed by atoms with Crippen LogP contribution in [0.4, 0.5) is 5.82 Å². The lowest BCUT2D eigenvalue weighted by Gasteiger charge is -2.32. The molecule has 8 heteroatoms. The number of nitrogens with zero attached hydrogens (tertiary/aromatic N) is 8. The van der Waals surface area contributed by atoms with Crippen LogP contribution in [-0.2, 0) is 13.6 Å². The van der Waals surface area contributed by atoms with Gasteiger partial charge in [-0.05, 0) is 19.8 Å². The van der Waals surface area contributed by atoms with Crippen molar-refractivity contribution in [1.29, 1.82) is 0 Å². The number of aryl methyl sites for hydroxylation is 1. The van der Waals surface area contributed by atoms with E-state index in [-0.39, 0.29) is 0 Å². The monoisotopic (exact) mass is 338 g/mol. The quantitative estimate of drug-likeness (QED) is 0.718. The summed E-state index contributed by atoms with van der Waals surface area (Å²) in [6.07, 6.45) is 11.3. The van der Waals surface area contributed by atoms with Crippen molar-refractivity contribution in [2.45, 2.75) is 32.2 Å². The molecule has 4 heterocycles. The molecule has 0 N–H and O–H groups in total. The van der Waals surface area contributed by atoms with Crippen LogP contribution < -0.4 is 4.90 Å². The van der Waals surface area contributed by atoms with Gasteiger partial charge in [-0.2, -0.15) is 0 Å². The van der Waals surface area contributed by atoms with E-state index in [1.807, 2.05) is 25.5 Å². The number of imidazole rings is 1. The summed E-state index contributed by atoms with van der Waals surface area (Å²) in [5.41, 5.74) is 0. The van der Waals surface area contributed by atoms with Crippen molar-refractivity contribution in [3.63, 3.8) is 0 Å². The third-order valence-corrected chi connectivity index (χ3v) is 4.89. The molecule has 1 aliphatic rings. The van der Waals surface area contributed by atoms with Crippen LogP contribution in [0.5, 0.6) is 0 Å². The van der Waals surface area contributed by atoms with Crippen molar-refractivity contribution in [3.05, 3.63) is 48.5 Å². The Hall–Kier alpha value is -2.77. The summed E-state index contributed by atoms with van der Waals surface area (Å²) < 4.78 is 4.21. The minimum absolute atomic E-state index is 0.353. The van der Waals surface area contributed by atoms with E-state index in [0.717, 1.165) is 49.2 Å². The van der Waals surface area contributed by atoms with Gasteiger partial charge in [-0.25, -0.2) is 9.97 Å². The molecule has 0 spiro atoms. The van der Waals surface area contributed by atoms with Gasteiger partial charge < -0.3 is 14.0 Å². The molecule has 8 nitrogen and oxygen atoms in total. The van der Waals surface area contributed by atoms with E-state index >= 15 is 0 Å². The van der Waals surface area contributed by atoms with Gasteiger partial charge >= 0.3 is 0 Å². The zero-order valence-corrected chi connectivity index (χ0v) is 14.6. The minimum atomic E-state index is 0.353. The maximum absolute atomic E-state index is 4.49. The molecule has 0 aliphatic carbocycles. The highest BCUT2D eigenvalue weighted by atomic mass is 15.3. The lowest BCUT2D eigenvalue weighted by molar-refractivity contribution is 0.475. The summed E-state index contributed by atoms with van der Waals surface area (Å²) >= 11 is 0. The summed E-state index contributed by atoms with van der Waals surface area (Å²) in [6, 6.07) is 0. The number of anilines is 1. The highest BCUT2D eigenvalue weighted by molar-refractivity contribution is 5.36. The molecule has 0 radical (unpaired) electrons. The molecule has 130 valence electrons. The fraction of sp³-hybridized carbons (Fsp3) is 0.471. The summed E-state index contributed by atoms with van der Waals surface area (Å²) in [5, 5.41) is 8.92. The Kier molecular flexibility index (Phi) is 4.17. The van der Waals surface area contributed by atoms with E-state index in [0.29, 0.717) is 12.5 Å². The summed E-state index contributed by atoms with van der Waals surface area (Å²) in [4.78, 5) is 15.2. The van der Waals surface area contributed by atoms with Crippen LogP contribution in [0.2, 0.25) is 0 Å². The summed E-state index contributed by atoms with van der Waals surface area (Å²) in [6.45, 7) is 4.59. The van der Waals surface area contributed by atoms with Crippen molar-refractivity contribution in [2.24, 2.45) is 7.05 Å². The average Bonchev–Trinajstić information content (AvgIpc) is 3.22. The van der Waals surface area contributed by atoms with E-state index in [4.69, 9.17) is 0 Å². The Balaban J connectivity index is 1.53. The molecule has 0 unspecified atom stereocenters. The van der Waals surface area contributed by atoms with E-state index in [9.17, 15) is 0 Å². The van der Waals surface area contributed by atoms with Gasteiger partial charge in [0, 0.05) is 50.8 Å². The molecule has 3 aromatic rings. The lowest BCUT2D eigenvalue weighted by Crippen LogP contribution is -2.36. The second kappa shape index (κ2) is 6.62. The van der Waals surface area contributed by atoms with Gasteiger partial charge in [0.05, 0.1) is 12.7 Å². The van der Waals surface area contributed by atoms with Crippen LogP contribution >= 0.6 is 0 Å². The molecule has 1 atom stereocenters. The molecule has 1 aliphatic heterocycles. The molecule has 1 saturated heterocycles. The molecule has 25 heavy (non-hydrogen) atoms. The molecular formula is C17H22N8. The van der Waals surface area contributed by atoms with Crippen LogP contribution in [-0.4, -0.2) is 47.4 Å². The Morgan fingerprint density at radius 3 is 2.84 bits per heavy atom. The first kappa shape index (κ1) is 15.7. The number of aromatic nitrogens is 7. The van der Waals surface area contributed by atoms with Gasteiger partial charge in [0.2, 0.25) is 0 Å². The predicted molar refractivity (Wildman–Crippen MR) is 93.3 cm³/mol. The van der Waals surface area contributed by atoms with Crippen LogP contribution in [0.3, 0.4) is 0 Å². The largest absolute Gasteiger partial charge is 0.355 e. The topological polar surface area (TPSA) is 77.6 Å². The van der Waals surface area contributed by atoms with Crippen molar-refractivity contribution in [1.82, 2.24) is 34.3 Å². The molecule has 0 amide bonds. The Morgan fingerprint density at radius 2 is 2.08 bits per heavy atom. The Labute approximate surface area is 146 Å². The van der Waals surface area contributed by atoms with Crippen molar-refractivity contribution < 1.29 is 0 Å². The van der Waals surface area contributed by atoms with Crippen molar-refractivity contribution >= 4 is 5.82 Å². The maximum atomic E-state index is 4.49. The summed E-state index contributed by atoms with van der Waals surface area (Å²) in [5.74, 6) is 4.26. The number of hydrogen-bond donors (Lipinski definition) is 0. The normalized spacial score (nSPS) is 17.8. The second-order valence-corrected chi connectivity index (χ2v) is 6.48. The van der Waals surface area contributed by atoms with Gasteiger partial charge in [-0.15, -0.1) is 10.2 Å². The predicted octanol–water partition coefficient (Wildman–Crippen LogP) is 1.54. The standard InChI is InChI=1S/C17H22N8/c1-13-19-7-9-24(13)12-16-21-22-17(23(16)2)14-4-3-8-25(11-14)15-10-18-5-6-20-15/h5-7,9-10,14H,3-4,8,11-12H2,1-2H3/t14-/m1/s1. The molecule has 1 fully saturated rings. The van der Waals surface area contributed by atoms with E-state index in [1.165, 1.54) is 0 Å². The molecule has 3 aromatic heterocycles. The van der Waals surface area contributed by atoms with Crippen molar-refractivity contribution in [3.8, 4) is 0 Å². The zero-order chi connectivity index (χ0) is 17.2. The first-order chi connectivity index (χ1) is 12.2. The average molecular weight is 338 g/mol. The second-order valence-electron chi connectivity index (χ2n) is 6.48. The fourth-order valence-electron chi connectivity index (χ4n) is 3.44. The zero-order valence-electron chi connectivity index (χ0n) is 14.6. The molecule has 0 saturated carbocycles. The molecule has 4 rings (SSSR count). The first-order valence-corrected chi connectivity index (χ1v) is 8.59. The number of rotatable bonds is 4. The highest BCUT2D eigenvalue weighted by Crippen LogP contribution is 2.28. The number of piperidine rings is 1. The third-order valence-electron chi connectivity index (χ3n) is 4.89.